The molecule has 1 aromatic heterocycles. The Morgan fingerprint density at radius 1 is 1.48 bits per heavy atom. The molecule has 1 N–H and O–H groups in total. The summed E-state index contributed by atoms with van der Waals surface area (Å²) >= 11 is 0. The van der Waals surface area contributed by atoms with Crippen LogP contribution in [0.4, 0.5) is 5.69 Å². The summed E-state index contributed by atoms with van der Waals surface area (Å²) in [4.78, 5) is 25.2. The van der Waals surface area contributed by atoms with Crippen LogP contribution in [-0.4, -0.2) is 45.5 Å². The van der Waals surface area contributed by atoms with Crippen LogP contribution in [0.3, 0.4) is 0 Å². The second-order valence-electron chi connectivity index (χ2n) is 6.43. The van der Waals surface area contributed by atoms with Crippen LogP contribution in [0.25, 0.3) is 0 Å². The van der Waals surface area contributed by atoms with E-state index in [4.69, 9.17) is 0 Å². The molecule has 21 heavy (non-hydrogen) atoms. The van der Waals surface area contributed by atoms with E-state index >= 15 is 0 Å². The zero-order valence-corrected chi connectivity index (χ0v) is 12.3. The molecule has 3 rings (SSSR count). The van der Waals surface area contributed by atoms with Crippen LogP contribution in [-0.2, 0) is 0 Å². The van der Waals surface area contributed by atoms with E-state index in [1.54, 1.807) is 4.57 Å². The van der Waals surface area contributed by atoms with Gasteiger partial charge in [0.15, 0.2) is 0 Å². The maximum atomic E-state index is 12.9. The highest BCUT2D eigenvalue weighted by atomic mass is 16.6. The topological polar surface area (TPSA) is 80.4 Å². The van der Waals surface area contributed by atoms with Crippen molar-refractivity contribution in [3.8, 4) is 0 Å². The maximum Gasteiger partial charge on any atom is 0.287 e. The average Bonchev–Trinajstić information content (AvgIpc) is 3.16. The minimum absolute atomic E-state index is 0.00168. The lowest BCUT2D eigenvalue weighted by Gasteiger charge is -2.42. The van der Waals surface area contributed by atoms with E-state index in [0.29, 0.717) is 12.2 Å². The van der Waals surface area contributed by atoms with Crippen LogP contribution in [0, 0.1) is 10.1 Å². The molecule has 0 bridgehead atoms. The van der Waals surface area contributed by atoms with E-state index in [9.17, 15) is 14.9 Å². The first kappa shape index (κ1) is 14.1. The Morgan fingerprint density at radius 2 is 2.19 bits per heavy atom. The van der Waals surface area contributed by atoms with Crippen molar-refractivity contribution in [2.24, 2.45) is 0 Å². The fourth-order valence-electron chi connectivity index (χ4n) is 2.89. The highest BCUT2D eigenvalue weighted by molar-refractivity contribution is 5.94. The van der Waals surface area contributed by atoms with Crippen molar-refractivity contribution in [3.05, 3.63) is 28.1 Å². The Morgan fingerprint density at radius 3 is 2.76 bits per heavy atom. The van der Waals surface area contributed by atoms with E-state index in [0.717, 1.165) is 25.9 Å². The van der Waals surface area contributed by atoms with Gasteiger partial charge in [0.2, 0.25) is 0 Å². The number of carbonyl (C=O) groups is 1. The maximum absolute atomic E-state index is 12.9. The lowest BCUT2D eigenvalue weighted by molar-refractivity contribution is -0.384. The third kappa shape index (κ3) is 2.53. The van der Waals surface area contributed by atoms with Gasteiger partial charge < -0.3 is 14.8 Å². The van der Waals surface area contributed by atoms with Crippen LogP contribution in [0.2, 0.25) is 0 Å². The number of amides is 1. The molecule has 0 unspecified atom stereocenters. The third-order valence-electron chi connectivity index (χ3n) is 4.25. The van der Waals surface area contributed by atoms with E-state index in [-0.39, 0.29) is 23.2 Å². The fraction of sp³-hybridized carbons (Fsp3) is 0.643. The van der Waals surface area contributed by atoms with Gasteiger partial charge in [-0.05, 0) is 26.7 Å². The van der Waals surface area contributed by atoms with Gasteiger partial charge in [0.05, 0.1) is 16.7 Å². The van der Waals surface area contributed by atoms with Gasteiger partial charge in [-0.2, -0.15) is 0 Å². The molecule has 2 heterocycles. The molecule has 1 aliphatic carbocycles. The van der Waals surface area contributed by atoms with Gasteiger partial charge in [0, 0.05) is 31.7 Å². The molecular formula is C14H20N4O3. The second-order valence-corrected chi connectivity index (χ2v) is 6.43. The molecule has 1 amide bonds. The van der Waals surface area contributed by atoms with Crippen molar-refractivity contribution in [2.45, 2.75) is 38.3 Å². The molecule has 0 aromatic carbocycles. The number of nitrogens with zero attached hydrogens (tertiary/aromatic N) is 3. The van der Waals surface area contributed by atoms with Crippen molar-refractivity contribution in [1.82, 2.24) is 14.8 Å². The van der Waals surface area contributed by atoms with Gasteiger partial charge in [-0.25, -0.2) is 0 Å². The molecule has 2 fully saturated rings. The Labute approximate surface area is 123 Å². The zero-order valence-electron chi connectivity index (χ0n) is 12.3. The molecule has 2 aliphatic rings. The van der Waals surface area contributed by atoms with Crippen LogP contribution in [0.1, 0.15) is 43.2 Å². The lowest BCUT2D eigenvalue weighted by Crippen LogP contribution is -2.60. The first-order valence-electron chi connectivity index (χ1n) is 7.29. The van der Waals surface area contributed by atoms with Crippen molar-refractivity contribution in [3.63, 3.8) is 0 Å². The second kappa shape index (κ2) is 4.84. The molecule has 1 saturated carbocycles. The first-order valence-corrected chi connectivity index (χ1v) is 7.29. The Bertz CT molecular complexity index is 589. The van der Waals surface area contributed by atoms with Crippen molar-refractivity contribution in [2.75, 3.05) is 19.6 Å². The van der Waals surface area contributed by atoms with Crippen molar-refractivity contribution in [1.29, 1.82) is 0 Å². The standard InChI is InChI=1S/C14H20N4O3/c1-14(2)9-15-5-6-17(14)13(19)12-7-11(18(20)21)8-16(12)10-3-4-10/h7-8,10,15H,3-6,9H2,1-2H3. The summed E-state index contributed by atoms with van der Waals surface area (Å²) in [6, 6.07) is 1.65. The summed E-state index contributed by atoms with van der Waals surface area (Å²) in [5, 5.41) is 14.3. The largest absolute Gasteiger partial charge is 0.334 e. The highest BCUT2D eigenvalue weighted by Gasteiger charge is 2.37. The van der Waals surface area contributed by atoms with Crippen LogP contribution in [0.5, 0.6) is 0 Å². The molecule has 1 aliphatic heterocycles. The molecule has 0 radical (unpaired) electrons. The van der Waals surface area contributed by atoms with E-state index in [2.05, 4.69) is 5.32 Å². The number of nitro groups is 1. The van der Waals surface area contributed by atoms with Crippen LogP contribution >= 0.6 is 0 Å². The lowest BCUT2D eigenvalue weighted by atomic mass is 9.99. The summed E-state index contributed by atoms with van der Waals surface area (Å²) < 4.78 is 1.79. The van der Waals surface area contributed by atoms with Crippen LogP contribution in [0.15, 0.2) is 12.3 Å². The van der Waals surface area contributed by atoms with E-state index in [1.807, 2.05) is 18.7 Å². The number of hydrogen-bond donors (Lipinski definition) is 1. The summed E-state index contributed by atoms with van der Waals surface area (Å²) in [6.45, 7) is 6.12. The summed E-state index contributed by atoms with van der Waals surface area (Å²) in [6.07, 6.45) is 3.47. The van der Waals surface area contributed by atoms with Gasteiger partial charge in [0.25, 0.3) is 11.6 Å². The van der Waals surface area contributed by atoms with Gasteiger partial charge in [-0.3, -0.25) is 14.9 Å². The number of aromatic nitrogens is 1. The van der Waals surface area contributed by atoms with Crippen molar-refractivity contribution < 1.29 is 9.72 Å². The fourth-order valence-corrected chi connectivity index (χ4v) is 2.89. The number of carbonyl (C=O) groups excluding carboxylic acids is 1. The monoisotopic (exact) mass is 292 g/mol. The molecule has 0 spiro atoms. The normalized spacial score (nSPS) is 21.3. The molecule has 7 heteroatoms. The number of nitrogens with one attached hydrogen (secondary N) is 1. The molecule has 1 saturated heterocycles. The minimum Gasteiger partial charge on any atom is -0.334 e. The summed E-state index contributed by atoms with van der Waals surface area (Å²) in [5.74, 6) is -0.110. The minimum atomic E-state index is -0.432. The van der Waals surface area contributed by atoms with E-state index in [1.165, 1.54) is 12.3 Å². The van der Waals surface area contributed by atoms with Gasteiger partial charge in [-0.1, -0.05) is 0 Å². The van der Waals surface area contributed by atoms with Crippen molar-refractivity contribution >= 4 is 11.6 Å². The number of hydrogen-bond acceptors (Lipinski definition) is 4. The molecule has 7 nitrogen and oxygen atoms in total. The van der Waals surface area contributed by atoms with E-state index < -0.39 is 4.92 Å². The Balaban J connectivity index is 1.95. The summed E-state index contributed by atoms with van der Waals surface area (Å²) in [5.41, 5.74) is 0.153. The summed E-state index contributed by atoms with van der Waals surface area (Å²) in [7, 11) is 0. The third-order valence-corrected chi connectivity index (χ3v) is 4.25. The predicted octanol–water partition coefficient (Wildman–Crippen LogP) is 1.56. The van der Waals surface area contributed by atoms with Crippen LogP contribution < -0.4 is 5.32 Å². The average molecular weight is 292 g/mol. The quantitative estimate of drug-likeness (QED) is 0.677. The molecule has 114 valence electrons. The first-order chi connectivity index (χ1) is 9.90. The Kier molecular flexibility index (Phi) is 3.24. The van der Waals surface area contributed by atoms with Gasteiger partial charge >= 0.3 is 0 Å². The SMILES string of the molecule is CC1(C)CNCCN1C(=O)c1cc([N+](=O)[O-])cn1C1CC1. The number of piperazine rings is 1. The Hall–Kier alpha value is -1.89. The number of rotatable bonds is 3. The molecule has 0 atom stereocenters. The zero-order chi connectivity index (χ0) is 15.2. The molecule has 1 aromatic rings. The smallest absolute Gasteiger partial charge is 0.287 e. The molecular weight excluding hydrogens is 272 g/mol. The predicted molar refractivity (Wildman–Crippen MR) is 77.3 cm³/mol. The van der Waals surface area contributed by atoms with Gasteiger partial charge in [0.1, 0.15) is 5.69 Å². The highest BCUT2D eigenvalue weighted by Crippen LogP contribution is 2.38. The van der Waals surface area contributed by atoms with Gasteiger partial charge in [-0.15, -0.1) is 0 Å².